The third kappa shape index (κ3) is 10.9. The molecular formula is C54H92O23. The molecule has 0 radical (unpaired) electrons. The Morgan fingerprint density at radius 3 is 1.64 bits per heavy atom. The van der Waals surface area contributed by atoms with Gasteiger partial charge < -0.3 is 114 Å². The van der Waals surface area contributed by atoms with E-state index in [1.807, 2.05) is 20.8 Å². The Labute approximate surface area is 450 Å². The molecule has 0 unspecified atom stereocenters. The van der Waals surface area contributed by atoms with Crippen molar-refractivity contribution in [2.75, 3.05) is 26.4 Å². The van der Waals surface area contributed by atoms with Crippen molar-refractivity contribution < 1.29 is 114 Å². The fourth-order valence-corrected chi connectivity index (χ4v) is 16.3. The van der Waals surface area contributed by atoms with Crippen LogP contribution in [0.25, 0.3) is 0 Å². The van der Waals surface area contributed by atoms with Crippen molar-refractivity contribution in [1.82, 2.24) is 0 Å². The van der Waals surface area contributed by atoms with Crippen molar-refractivity contribution in [2.45, 2.75) is 254 Å². The van der Waals surface area contributed by atoms with Crippen LogP contribution in [-0.4, -0.2) is 244 Å². The minimum absolute atomic E-state index is 0.0374. The molecule has 77 heavy (non-hydrogen) atoms. The minimum Gasteiger partial charge on any atom is -0.394 e. The number of fused-ring (bicyclic) bond motifs is 5. The van der Waals surface area contributed by atoms with Gasteiger partial charge in [-0.05, 0) is 124 Å². The maximum atomic E-state index is 12.8. The van der Waals surface area contributed by atoms with Gasteiger partial charge in [0.2, 0.25) is 0 Å². The van der Waals surface area contributed by atoms with Gasteiger partial charge in [-0.15, -0.1) is 0 Å². The standard InChI is InChI=1S/C54H92O23/c1-23(2)10-9-14-54(8,77-48-44(69)40(65)37(62)29(74-48)22-70-46-42(67)38(63)34(59)26(19-55)71-46)24-11-16-53(7)33(24)25(58)18-31-51(5)15-13-32(50(3,4)30(51)12-17-52(31,53)6)75-49-45(41(66)36(61)28(21-57)73-49)76-47-43(68)39(64)35(60)27(20-56)72-47/h10,24-49,55-69H,9,11-22H2,1-8H3/t24-,25+,26+,27+,28+,29+,30-,31+,32-,33+,34+,35+,36+,37+,38-,39-,40-,41-,42+,43+,44+,45+,46+,47-,48-,49-,51-,52+,53+,54-/m0/s1. The van der Waals surface area contributed by atoms with Crippen LogP contribution in [0.5, 0.6) is 0 Å². The maximum Gasteiger partial charge on any atom is 0.187 e. The molecule has 23 nitrogen and oxygen atoms in total. The highest BCUT2D eigenvalue weighted by Crippen LogP contribution is 2.76. The zero-order valence-corrected chi connectivity index (χ0v) is 45.8. The summed E-state index contributed by atoms with van der Waals surface area (Å²) in [6.45, 7) is 14.6. The first-order chi connectivity index (χ1) is 36.0. The number of ether oxygens (including phenoxy) is 8. The summed E-state index contributed by atoms with van der Waals surface area (Å²) in [6.07, 6.45) is -25.2. The molecule has 23 heteroatoms. The summed E-state index contributed by atoms with van der Waals surface area (Å²) >= 11 is 0. The molecule has 4 aliphatic heterocycles. The van der Waals surface area contributed by atoms with Crippen LogP contribution in [0.15, 0.2) is 11.6 Å². The van der Waals surface area contributed by atoms with E-state index < -0.39 is 178 Å². The van der Waals surface area contributed by atoms with Crippen LogP contribution >= 0.6 is 0 Å². The minimum atomic E-state index is -1.82. The Balaban J connectivity index is 1.01. The molecule has 0 amide bonds. The van der Waals surface area contributed by atoms with Crippen LogP contribution in [0.1, 0.15) is 113 Å². The predicted octanol–water partition coefficient (Wildman–Crippen LogP) is -2.20. The van der Waals surface area contributed by atoms with Crippen molar-refractivity contribution in [3.63, 3.8) is 0 Å². The van der Waals surface area contributed by atoms with Crippen LogP contribution < -0.4 is 0 Å². The molecule has 0 aromatic carbocycles. The van der Waals surface area contributed by atoms with Crippen LogP contribution in [0.4, 0.5) is 0 Å². The third-order valence-electron chi connectivity index (χ3n) is 20.9. The SMILES string of the molecule is CC(C)=CCC[C@](C)(O[C@@H]1O[C@H](CO[C@@H]2O[C@H](CO)[C@@H](O)[C@H](O)[C@H]2O)[C@@H](O)[C@H](O)[C@H]1O)[C@H]1CC[C@]2(C)[C@H]1[C@H](O)C[C@@H]1[C@@]3(C)CC[C@H](O[C@@H]4O[C@H](CO)[C@@H](O)[C@H](O)[C@H]4O[C@@H]4O[C@H](CO)[C@@H](O)[C@H](O)[C@H]4O)C(C)(C)[C@@H]3CC[C@]12C. The van der Waals surface area contributed by atoms with Gasteiger partial charge >= 0.3 is 0 Å². The molecule has 4 saturated heterocycles. The molecular weight excluding hydrogens is 1020 g/mol. The van der Waals surface area contributed by atoms with Crippen LogP contribution in [0.2, 0.25) is 0 Å². The molecule has 8 rings (SSSR count). The summed E-state index contributed by atoms with van der Waals surface area (Å²) in [4.78, 5) is 0. The lowest BCUT2D eigenvalue weighted by Gasteiger charge is -2.71. The van der Waals surface area contributed by atoms with E-state index in [4.69, 9.17) is 37.9 Å². The molecule has 4 heterocycles. The lowest BCUT2D eigenvalue weighted by Crippen LogP contribution is -2.68. The van der Waals surface area contributed by atoms with Gasteiger partial charge in [-0.3, -0.25) is 0 Å². The fraction of sp³-hybridized carbons (Fsp3) is 0.963. The van der Waals surface area contributed by atoms with E-state index in [-0.39, 0.29) is 34.5 Å². The number of aliphatic hydroxyl groups is 15. The molecule has 4 saturated carbocycles. The first-order valence-corrected chi connectivity index (χ1v) is 27.9. The van der Waals surface area contributed by atoms with Gasteiger partial charge in [-0.25, -0.2) is 0 Å². The van der Waals surface area contributed by atoms with Gasteiger partial charge in [-0.1, -0.05) is 46.3 Å². The van der Waals surface area contributed by atoms with E-state index in [0.29, 0.717) is 38.5 Å². The second-order valence-electron chi connectivity index (χ2n) is 25.7. The Morgan fingerprint density at radius 2 is 1.05 bits per heavy atom. The van der Waals surface area contributed by atoms with Crippen molar-refractivity contribution in [1.29, 1.82) is 0 Å². The van der Waals surface area contributed by atoms with Gasteiger partial charge in [0, 0.05) is 0 Å². The molecule has 30 atom stereocenters. The number of hydrogen-bond acceptors (Lipinski definition) is 23. The Morgan fingerprint density at radius 1 is 0.545 bits per heavy atom. The summed E-state index contributed by atoms with van der Waals surface area (Å²) in [5, 5.41) is 162. The largest absolute Gasteiger partial charge is 0.394 e. The number of allylic oxidation sites excluding steroid dienone is 2. The molecule has 446 valence electrons. The summed E-state index contributed by atoms with van der Waals surface area (Å²) < 4.78 is 48.9. The maximum absolute atomic E-state index is 12.8. The quantitative estimate of drug-likeness (QED) is 0.0576. The van der Waals surface area contributed by atoms with Gasteiger partial charge in [-0.2, -0.15) is 0 Å². The van der Waals surface area contributed by atoms with Crippen LogP contribution in [0, 0.1) is 45.3 Å². The van der Waals surface area contributed by atoms with Gasteiger partial charge in [0.05, 0.1) is 44.2 Å². The van der Waals surface area contributed by atoms with Crippen molar-refractivity contribution in [3.05, 3.63) is 11.6 Å². The fourth-order valence-electron chi connectivity index (χ4n) is 16.3. The monoisotopic (exact) mass is 1110 g/mol. The van der Waals surface area contributed by atoms with E-state index in [0.717, 1.165) is 24.8 Å². The summed E-state index contributed by atoms with van der Waals surface area (Å²) in [6, 6.07) is 0. The van der Waals surface area contributed by atoms with Crippen molar-refractivity contribution in [2.24, 2.45) is 45.3 Å². The van der Waals surface area contributed by atoms with Gasteiger partial charge in [0.25, 0.3) is 0 Å². The van der Waals surface area contributed by atoms with Crippen LogP contribution in [0.3, 0.4) is 0 Å². The first-order valence-electron chi connectivity index (χ1n) is 27.9. The van der Waals surface area contributed by atoms with E-state index >= 15 is 0 Å². The lowest BCUT2D eigenvalue weighted by atomic mass is 9.35. The molecule has 0 bridgehead atoms. The lowest BCUT2D eigenvalue weighted by molar-refractivity contribution is -0.378. The second-order valence-corrected chi connectivity index (χ2v) is 25.7. The Bertz CT molecular complexity index is 1990. The molecule has 8 fully saturated rings. The first kappa shape index (κ1) is 61.9. The second kappa shape index (κ2) is 23.5. The Kier molecular flexibility index (Phi) is 18.9. The zero-order valence-electron chi connectivity index (χ0n) is 45.8. The van der Waals surface area contributed by atoms with E-state index in [1.54, 1.807) is 0 Å². The van der Waals surface area contributed by atoms with E-state index in [1.165, 1.54) is 0 Å². The highest BCUT2D eigenvalue weighted by atomic mass is 16.8. The van der Waals surface area contributed by atoms with E-state index in [9.17, 15) is 76.6 Å². The summed E-state index contributed by atoms with van der Waals surface area (Å²) in [5.74, 6) is -0.475. The molecule has 0 aromatic rings. The van der Waals surface area contributed by atoms with Crippen LogP contribution in [-0.2, 0) is 37.9 Å². The van der Waals surface area contributed by atoms with Gasteiger partial charge in [0.1, 0.15) is 97.7 Å². The number of rotatable bonds is 16. The average molecular weight is 1110 g/mol. The highest BCUT2D eigenvalue weighted by molar-refractivity contribution is 5.20. The van der Waals surface area contributed by atoms with E-state index in [2.05, 4.69) is 40.7 Å². The third-order valence-corrected chi connectivity index (χ3v) is 20.9. The van der Waals surface area contributed by atoms with Gasteiger partial charge in [0.15, 0.2) is 25.2 Å². The molecule has 0 spiro atoms. The number of aliphatic hydroxyl groups excluding tert-OH is 15. The predicted molar refractivity (Wildman–Crippen MR) is 266 cm³/mol. The Hall–Kier alpha value is -1.18. The topological polar surface area (TPSA) is 377 Å². The molecule has 4 aliphatic carbocycles. The van der Waals surface area contributed by atoms with Crippen molar-refractivity contribution >= 4 is 0 Å². The normalized spacial score (nSPS) is 52.7. The average Bonchev–Trinajstić information content (AvgIpc) is 3.96. The zero-order chi connectivity index (χ0) is 56.6. The highest BCUT2D eigenvalue weighted by Gasteiger charge is 2.72. The smallest absolute Gasteiger partial charge is 0.187 e. The summed E-state index contributed by atoms with van der Waals surface area (Å²) in [7, 11) is 0. The summed E-state index contributed by atoms with van der Waals surface area (Å²) in [5.41, 5.74) is -1.59. The molecule has 0 aromatic heterocycles. The number of hydrogen-bond donors (Lipinski definition) is 15. The molecule has 15 N–H and O–H groups in total. The van der Waals surface area contributed by atoms with Crippen molar-refractivity contribution in [3.8, 4) is 0 Å². The molecule has 8 aliphatic rings.